The van der Waals surface area contributed by atoms with Crippen molar-refractivity contribution in [1.29, 1.82) is 0 Å². The maximum absolute atomic E-state index is 9.21. The fraction of sp³-hybridized carbons (Fsp3) is 0. The second-order valence-corrected chi connectivity index (χ2v) is 0.556. The van der Waals surface area contributed by atoms with Crippen LogP contribution >= 0.6 is 0 Å². The molecule has 0 aromatic rings. The summed E-state index contributed by atoms with van der Waals surface area (Å²) in [5.74, 6) is 4.46. The van der Waals surface area contributed by atoms with E-state index in [-0.39, 0.29) is 0 Å². The van der Waals surface area contributed by atoms with E-state index in [1.165, 1.54) is 0 Å². The monoisotopic (exact) mass is 105 g/mol. The van der Waals surface area contributed by atoms with E-state index in [0.29, 0.717) is 0 Å². The Balaban J connectivity index is 3.26. The van der Waals surface area contributed by atoms with Crippen molar-refractivity contribution in [3.8, 4) is 0 Å². The van der Waals surface area contributed by atoms with Gasteiger partial charge in [-0.15, -0.1) is 5.53 Å². The van der Waals surface area contributed by atoms with Gasteiger partial charge in [0.25, 0.3) is 0 Å². The van der Waals surface area contributed by atoms with Crippen LogP contribution in [0, 0.1) is 10.1 Å². The van der Waals surface area contributed by atoms with E-state index in [2.05, 4.69) is 16.3 Å². The van der Waals surface area contributed by atoms with Crippen LogP contribution < -0.4 is 11.4 Å². The summed E-state index contributed by atoms with van der Waals surface area (Å²) < 4.78 is 0. The zero-order valence-electron chi connectivity index (χ0n) is 3.24. The smallest absolute Gasteiger partial charge is 0.208 e. The van der Waals surface area contributed by atoms with Crippen molar-refractivity contribution in [3.05, 3.63) is 10.1 Å². The summed E-state index contributed by atoms with van der Waals surface area (Å²) in [7, 11) is 0. The van der Waals surface area contributed by atoms with Crippen molar-refractivity contribution in [2.45, 2.75) is 0 Å². The molecule has 0 rings (SSSR count). The highest BCUT2D eigenvalue weighted by Crippen LogP contribution is 1.65. The lowest BCUT2D eigenvalue weighted by molar-refractivity contribution is -0.495. The third kappa shape index (κ3) is 4.76. The molecule has 0 saturated carbocycles. The molecule has 0 aliphatic carbocycles. The van der Waals surface area contributed by atoms with Crippen molar-refractivity contribution in [2.75, 3.05) is 0 Å². The van der Waals surface area contributed by atoms with Crippen LogP contribution in [0.2, 0.25) is 0 Å². The summed E-state index contributed by atoms with van der Waals surface area (Å²) in [6, 6.07) is 0. The molecule has 0 amide bonds. The number of nitrogens with zero attached hydrogens (tertiary/aromatic N) is 3. The van der Waals surface area contributed by atoms with Gasteiger partial charge in [-0.3, -0.25) is 0 Å². The molecule has 0 heterocycles. The van der Waals surface area contributed by atoms with E-state index in [1.54, 1.807) is 5.53 Å². The second-order valence-electron chi connectivity index (χ2n) is 0.556. The molecule has 40 valence electrons. The summed E-state index contributed by atoms with van der Waals surface area (Å²) in [5, 5.41) is 13.2. The lowest BCUT2D eigenvalue weighted by Crippen LogP contribution is -2.13. The SMILES string of the molecule is NNN=N[N+](=O)[O-]. The Bertz CT molecular complexity index is 84.1. The molecule has 7 heteroatoms. The molecular formula is H3N5O2. The Labute approximate surface area is 38.3 Å². The molecule has 0 bridgehead atoms. The standard InChI is InChI=1S/H3N5O2/c1-2-3-4-5(6)7/h(H2,1,3)(H,2,4). The number of rotatable bonds is 2. The highest BCUT2D eigenvalue weighted by atomic mass is 16.7. The van der Waals surface area contributed by atoms with Crippen molar-refractivity contribution in [1.82, 2.24) is 5.53 Å². The zero-order chi connectivity index (χ0) is 5.70. The van der Waals surface area contributed by atoms with Gasteiger partial charge in [0.1, 0.15) is 0 Å². The average molecular weight is 105 g/mol. The molecule has 0 radical (unpaired) electrons. The highest BCUT2D eigenvalue weighted by molar-refractivity contribution is 3.97. The third-order valence-corrected chi connectivity index (χ3v) is 0.175. The minimum atomic E-state index is -0.972. The van der Waals surface area contributed by atoms with Gasteiger partial charge in [0, 0.05) is 0 Å². The lowest BCUT2D eigenvalue weighted by atomic mass is 12.4. The largest absolute Gasteiger partial charge is 0.337 e. The molecule has 0 aromatic heterocycles. The van der Waals surface area contributed by atoms with E-state index in [9.17, 15) is 10.1 Å². The van der Waals surface area contributed by atoms with E-state index in [1.807, 2.05) is 0 Å². The third-order valence-electron chi connectivity index (χ3n) is 0.175. The second kappa shape index (κ2) is 2.97. The number of nitrogens with two attached hydrogens (primary N) is 1. The molecule has 0 spiro atoms. The van der Waals surface area contributed by atoms with Gasteiger partial charge in [-0.25, -0.2) is 5.84 Å². The molecular weight excluding hydrogens is 102 g/mol. The number of hydrogen-bond acceptors (Lipinski definition) is 4. The van der Waals surface area contributed by atoms with Crippen molar-refractivity contribution < 1.29 is 5.03 Å². The van der Waals surface area contributed by atoms with Crippen molar-refractivity contribution in [2.24, 2.45) is 16.3 Å². The molecule has 0 atom stereocenters. The number of hydrazine groups is 1. The Morgan fingerprint density at radius 2 is 2.43 bits per heavy atom. The molecule has 3 N–H and O–H groups in total. The normalized spacial score (nSPS) is 9.29. The van der Waals surface area contributed by atoms with Crippen LogP contribution in [0.5, 0.6) is 0 Å². The summed E-state index contributed by atoms with van der Waals surface area (Å²) in [5.41, 5.74) is 1.62. The Morgan fingerprint density at radius 1 is 1.86 bits per heavy atom. The first-order chi connectivity index (χ1) is 3.27. The quantitative estimate of drug-likeness (QED) is 0.203. The number of nitrogens with one attached hydrogen (secondary N) is 1. The fourth-order valence-electron chi connectivity index (χ4n) is 0.0623. The number of nitro groups is 1. The van der Waals surface area contributed by atoms with Gasteiger partial charge in [0.05, 0.1) is 5.03 Å². The minimum Gasteiger partial charge on any atom is -0.337 e. The molecule has 7 heavy (non-hydrogen) atoms. The topological polar surface area (TPSA) is 106 Å². The molecule has 0 fully saturated rings. The number of hydrogen-bond donors (Lipinski definition) is 2. The first-order valence-electron chi connectivity index (χ1n) is 1.28. The van der Waals surface area contributed by atoms with E-state index in [4.69, 9.17) is 0 Å². The molecule has 0 aliphatic heterocycles. The van der Waals surface area contributed by atoms with Crippen molar-refractivity contribution in [3.63, 3.8) is 0 Å². The molecule has 0 unspecified atom stereocenters. The highest BCUT2D eigenvalue weighted by Gasteiger charge is 1.79. The first kappa shape index (κ1) is 5.76. The summed E-state index contributed by atoms with van der Waals surface area (Å²) in [6.07, 6.45) is 0. The van der Waals surface area contributed by atoms with E-state index >= 15 is 0 Å². The summed E-state index contributed by atoms with van der Waals surface area (Å²) >= 11 is 0. The lowest BCUT2D eigenvalue weighted by Gasteiger charge is -1.73. The summed E-state index contributed by atoms with van der Waals surface area (Å²) in [6.45, 7) is 0. The predicted molar refractivity (Wildman–Crippen MR) is 19.2 cm³/mol. The Kier molecular flexibility index (Phi) is 2.44. The van der Waals surface area contributed by atoms with Crippen molar-refractivity contribution >= 4 is 0 Å². The van der Waals surface area contributed by atoms with Gasteiger partial charge in [-0.1, -0.05) is 0 Å². The van der Waals surface area contributed by atoms with Gasteiger partial charge in [0.15, 0.2) is 5.22 Å². The van der Waals surface area contributed by atoms with Crippen LogP contribution in [0.25, 0.3) is 0 Å². The molecule has 7 nitrogen and oxygen atoms in total. The van der Waals surface area contributed by atoms with E-state index in [0.717, 1.165) is 0 Å². The maximum Gasteiger partial charge on any atom is 0.208 e. The average Bonchev–Trinajstić information content (AvgIpc) is 1.61. The fourth-order valence-corrected chi connectivity index (χ4v) is 0.0623. The van der Waals surface area contributed by atoms with Gasteiger partial charge in [-0.2, -0.15) is 0 Å². The van der Waals surface area contributed by atoms with E-state index < -0.39 is 5.03 Å². The first-order valence-corrected chi connectivity index (χ1v) is 1.28. The predicted octanol–water partition coefficient (Wildman–Crippen LogP) is -0.991. The van der Waals surface area contributed by atoms with Gasteiger partial charge >= 0.3 is 0 Å². The van der Waals surface area contributed by atoms with Crippen LogP contribution in [-0.4, -0.2) is 5.03 Å². The maximum atomic E-state index is 9.21. The van der Waals surface area contributed by atoms with Crippen LogP contribution in [0.15, 0.2) is 10.4 Å². The van der Waals surface area contributed by atoms with Gasteiger partial charge in [-0.05, 0) is 0 Å². The summed E-state index contributed by atoms with van der Waals surface area (Å²) in [4.78, 5) is 9.21. The molecule has 0 aromatic carbocycles. The van der Waals surface area contributed by atoms with Crippen LogP contribution in [-0.2, 0) is 0 Å². The van der Waals surface area contributed by atoms with Crippen LogP contribution in [0.3, 0.4) is 0 Å². The van der Waals surface area contributed by atoms with Crippen LogP contribution in [0.1, 0.15) is 0 Å². The molecule has 0 saturated heterocycles. The minimum absolute atomic E-state index is 0.972. The zero-order valence-corrected chi connectivity index (χ0v) is 3.24. The van der Waals surface area contributed by atoms with Gasteiger partial charge in [0.2, 0.25) is 5.22 Å². The molecule has 0 aliphatic rings. The van der Waals surface area contributed by atoms with Crippen LogP contribution in [0.4, 0.5) is 0 Å². The Hall–Kier alpha value is -1.24. The Morgan fingerprint density at radius 3 is 2.57 bits per heavy atom. The van der Waals surface area contributed by atoms with Gasteiger partial charge < -0.3 is 10.1 Å².